The molecule has 3 aliphatic rings. The van der Waals surface area contributed by atoms with Crippen LogP contribution in [0.1, 0.15) is 215 Å². The van der Waals surface area contributed by atoms with Crippen molar-refractivity contribution in [2.45, 2.75) is 198 Å². The summed E-state index contributed by atoms with van der Waals surface area (Å²) in [5, 5.41) is 6.56. The molecule has 63 heavy (non-hydrogen) atoms. The Kier molecular flexibility index (Phi) is 15.9. The van der Waals surface area contributed by atoms with E-state index in [1.807, 2.05) is 0 Å². The fourth-order valence-electron chi connectivity index (χ4n) is 12.4. The highest BCUT2D eigenvalue weighted by Gasteiger charge is 2.29. The minimum Gasteiger partial charge on any atom is -0.260 e. The van der Waals surface area contributed by atoms with E-state index >= 15 is 0 Å². The molecule has 4 atom stereocenters. The van der Waals surface area contributed by atoms with Crippen LogP contribution in [0.25, 0.3) is 43.6 Å². The van der Waals surface area contributed by atoms with Crippen molar-refractivity contribution in [2.24, 2.45) is 11.8 Å². The van der Waals surface area contributed by atoms with Crippen molar-refractivity contribution < 1.29 is 0 Å². The second kappa shape index (κ2) is 22.7. The number of hydrogen-bond donors (Lipinski definition) is 0. The van der Waals surface area contributed by atoms with E-state index in [0.717, 1.165) is 17.4 Å². The molecule has 0 radical (unpaired) electrons. The maximum absolute atomic E-state index is 5.56. The maximum atomic E-state index is 5.56. The molecular formula is C60H77N3. The number of fused-ring (bicyclic) bond motifs is 3. The van der Waals surface area contributed by atoms with Crippen LogP contribution < -0.4 is 0 Å². The molecule has 0 bridgehead atoms. The molecular weight excluding hydrogens is 763 g/mol. The van der Waals surface area contributed by atoms with E-state index in [1.54, 1.807) is 0 Å². The Balaban J connectivity index is 0.944. The van der Waals surface area contributed by atoms with E-state index in [-0.39, 0.29) is 0 Å². The molecule has 0 spiro atoms. The van der Waals surface area contributed by atoms with Crippen molar-refractivity contribution >= 4 is 32.4 Å². The zero-order chi connectivity index (χ0) is 42.5. The third-order valence-electron chi connectivity index (χ3n) is 16.2. The van der Waals surface area contributed by atoms with Gasteiger partial charge in [0.25, 0.3) is 0 Å². The van der Waals surface area contributed by atoms with Crippen LogP contribution in [0.5, 0.6) is 0 Å². The van der Waals surface area contributed by atoms with E-state index in [9.17, 15) is 0 Å². The molecule has 0 aliphatic heterocycles. The van der Waals surface area contributed by atoms with Crippen LogP contribution in [-0.2, 0) is 0 Å². The van der Waals surface area contributed by atoms with Gasteiger partial charge in [-0.15, -0.1) is 0 Å². The Bertz CT molecular complexity index is 2330. The van der Waals surface area contributed by atoms with Crippen LogP contribution in [0.2, 0.25) is 0 Å². The van der Waals surface area contributed by atoms with Gasteiger partial charge in [-0.2, -0.15) is 0 Å². The smallest absolute Gasteiger partial charge is 0.0711 e. The second-order valence-electron chi connectivity index (χ2n) is 20.6. The van der Waals surface area contributed by atoms with Gasteiger partial charge in [-0.3, -0.25) is 15.0 Å². The van der Waals surface area contributed by atoms with Crippen molar-refractivity contribution in [1.29, 1.82) is 0 Å². The molecule has 3 aromatic heterocycles. The lowest BCUT2D eigenvalue weighted by atomic mass is 9.73. The molecule has 3 nitrogen and oxygen atoms in total. The first-order valence-corrected chi connectivity index (χ1v) is 26.4. The Hall–Kier alpha value is -4.11. The number of nitrogens with zero attached hydrogens (tertiary/aromatic N) is 3. The zero-order valence-corrected chi connectivity index (χ0v) is 38.8. The first kappa shape index (κ1) is 44.1. The molecule has 3 aromatic carbocycles. The summed E-state index contributed by atoms with van der Waals surface area (Å²) >= 11 is 0. The molecule has 3 heteroatoms. The average molecular weight is 840 g/mol. The number of aromatic nitrogens is 3. The van der Waals surface area contributed by atoms with Crippen molar-refractivity contribution in [3.8, 4) is 11.1 Å². The molecule has 0 N–H and O–H groups in total. The molecule has 3 saturated carbocycles. The van der Waals surface area contributed by atoms with Crippen molar-refractivity contribution in [1.82, 2.24) is 15.0 Å². The fraction of sp³-hybridized carbons (Fsp3) is 0.550. The van der Waals surface area contributed by atoms with Crippen molar-refractivity contribution in [3.63, 3.8) is 0 Å². The lowest BCUT2D eigenvalue weighted by molar-refractivity contribution is 0.217. The van der Waals surface area contributed by atoms with Crippen LogP contribution in [0, 0.1) is 11.8 Å². The summed E-state index contributed by atoms with van der Waals surface area (Å²) in [7, 11) is 0. The minimum atomic E-state index is 0.526. The normalized spacial score (nSPS) is 23.9. The summed E-state index contributed by atoms with van der Waals surface area (Å²) in [6.07, 6.45) is 42.3. The SMILES string of the molecule is c1ccc2c(C3CCCCCCCCCC(C4CCCCCCC(c5ccc6ccc(-c7ccc8cnc(C9CCCCCCCCCC9)cc8c7)cc6n5)CC4)C3)nccc2c1. The van der Waals surface area contributed by atoms with Crippen molar-refractivity contribution in [2.75, 3.05) is 0 Å². The van der Waals surface area contributed by atoms with Crippen LogP contribution in [0.3, 0.4) is 0 Å². The lowest BCUT2D eigenvalue weighted by Crippen LogP contribution is -2.21. The third-order valence-corrected chi connectivity index (χ3v) is 16.2. The van der Waals surface area contributed by atoms with E-state index in [0.29, 0.717) is 17.8 Å². The summed E-state index contributed by atoms with van der Waals surface area (Å²) in [5.41, 5.74) is 7.72. The van der Waals surface area contributed by atoms with Crippen LogP contribution >= 0.6 is 0 Å². The molecule has 9 rings (SSSR count). The summed E-state index contributed by atoms with van der Waals surface area (Å²) in [6, 6.07) is 32.4. The molecule has 4 unspecified atom stereocenters. The number of hydrogen-bond acceptors (Lipinski definition) is 3. The summed E-state index contributed by atoms with van der Waals surface area (Å²) < 4.78 is 0. The molecule has 0 saturated heterocycles. The van der Waals surface area contributed by atoms with Gasteiger partial charge in [0.1, 0.15) is 0 Å². The highest BCUT2D eigenvalue weighted by atomic mass is 14.7. The van der Waals surface area contributed by atoms with Crippen LogP contribution in [0.15, 0.2) is 97.3 Å². The predicted octanol–water partition coefficient (Wildman–Crippen LogP) is 18.1. The quantitative estimate of drug-likeness (QED) is 0.174. The molecule has 3 heterocycles. The Morgan fingerprint density at radius 1 is 0.365 bits per heavy atom. The first-order chi connectivity index (χ1) is 31.2. The van der Waals surface area contributed by atoms with E-state index in [1.165, 1.54) is 235 Å². The third kappa shape index (κ3) is 11.8. The Morgan fingerprint density at radius 2 is 0.937 bits per heavy atom. The van der Waals surface area contributed by atoms with Crippen LogP contribution in [-0.4, -0.2) is 15.0 Å². The zero-order valence-electron chi connectivity index (χ0n) is 38.8. The van der Waals surface area contributed by atoms with Gasteiger partial charge in [0, 0.05) is 57.7 Å². The van der Waals surface area contributed by atoms with Gasteiger partial charge in [0.05, 0.1) is 11.2 Å². The second-order valence-corrected chi connectivity index (χ2v) is 20.6. The first-order valence-electron chi connectivity index (χ1n) is 26.4. The number of pyridine rings is 3. The standard InChI is InChI=1S/C60H77N3/c1-2-5-9-16-25-47(24-15-8-4-1)58-43-55-41-51(34-35-54(55)44-62-58)52-33-32-49-36-37-57(63-59(49)42-52)48-26-17-13-12-14-22-45(30-31-48)50-27-18-10-6-3-7-11-19-28-53(40-50)60-56-29-21-20-23-46(56)38-39-61-60/h20-21,23,29,32-39,41-45,47-48,50,53H,1-19,22,24-28,30-31,40H2. The topological polar surface area (TPSA) is 38.7 Å². The summed E-state index contributed by atoms with van der Waals surface area (Å²) in [5.74, 6) is 3.22. The monoisotopic (exact) mass is 840 g/mol. The highest BCUT2D eigenvalue weighted by Crippen LogP contribution is 2.43. The predicted molar refractivity (Wildman–Crippen MR) is 269 cm³/mol. The van der Waals surface area contributed by atoms with Gasteiger partial charge in [-0.25, -0.2) is 0 Å². The van der Waals surface area contributed by atoms with Gasteiger partial charge >= 0.3 is 0 Å². The van der Waals surface area contributed by atoms with E-state index in [2.05, 4.69) is 97.3 Å². The van der Waals surface area contributed by atoms with Gasteiger partial charge in [-0.1, -0.05) is 189 Å². The van der Waals surface area contributed by atoms with Crippen LogP contribution in [0.4, 0.5) is 0 Å². The largest absolute Gasteiger partial charge is 0.260 e. The van der Waals surface area contributed by atoms with Gasteiger partial charge in [0.15, 0.2) is 0 Å². The molecule has 332 valence electrons. The molecule has 0 amide bonds. The maximum Gasteiger partial charge on any atom is 0.0711 e. The Labute approximate surface area is 380 Å². The lowest BCUT2D eigenvalue weighted by Gasteiger charge is -2.33. The number of benzene rings is 3. The van der Waals surface area contributed by atoms with Gasteiger partial charge in [-0.05, 0) is 109 Å². The molecule has 3 aliphatic carbocycles. The fourth-order valence-corrected chi connectivity index (χ4v) is 12.4. The highest BCUT2D eigenvalue weighted by molar-refractivity contribution is 5.90. The molecule has 6 aromatic rings. The van der Waals surface area contributed by atoms with E-state index < -0.39 is 0 Å². The summed E-state index contributed by atoms with van der Waals surface area (Å²) in [6.45, 7) is 0. The van der Waals surface area contributed by atoms with Gasteiger partial charge < -0.3 is 0 Å². The summed E-state index contributed by atoms with van der Waals surface area (Å²) in [4.78, 5) is 15.8. The Morgan fingerprint density at radius 3 is 1.65 bits per heavy atom. The minimum absolute atomic E-state index is 0.526. The van der Waals surface area contributed by atoms with Gasteiger partial charge in [0.2, 0.25) is 0 Å². The number of rotatable bonds is 5. The average Bonchev–Trinajstić information content (AvgIpc) is 3.39. The van der Waals surface area contributed by atoms with Crippen molar-refractivity contribution in [3.05, 3.63) is 114 Å². The molecule has 3 fully saturated rings. The van der Waals surface area contributed by atoms with E-state index in [4.69, 9.17) is 15.0 Å².